The van der Waals surface area contributed by atoms with E-state index in [4.69, 9.17) is 16.3 Å². The fraction of sp³-hybridized carbons (Fsp3) is 0.875. The highest BCUT2D eigenvalue weighted by molar-refractivity contribution is 6.61. The Hall–Kier alpha value is 0.01000. The van der Waals surface area contributed by atoms with Gasteiger partial charge in [-0.25, -0.2) is 4.79 Å². The number of piperidine rings is 3. The second-order valence-electron chi connectivity index (χ2n) is 3.53. The topological polar surface area (TPSA) is 29.5 Å². The monoisotopic (exact) mass is 225 g/mol. The van der Waals surface area contributed by atoms with Crippen molar-refractivity contribution in [3.05, 3.63) is 0 Å². The minimum atomic E-state index is -0.659. The molecule has 0 radical (unpaired) electrons. The van der Waals surface area contributed by atoms with Crippen LogP contribution in [-0.2, 0) is 4.74 Å². The van der Waals surface area contributed by atoms with E-state index < -0.39 is 5.43 Å². The van der Waals surface area contributed by atoms with Crippen molar-refractivity contribution in [1.82, 2.24) is 4.90 Å². The Morgan fingerprint density at radius 1 is 1.38 bits per heavy atom. The number of carbonyl (C=O) groups excluding carboxylic acids is 1. The molecule has 1 unspecified atom stereocenters. The third kappa shape index (κ3) is 2.48. The van der Waals surface area contributed by atoms with Crippen molar-refractivity contribution in [1.29, 1.82) is 0 Å². The molecule has 1 atom stereocenters. The predicted octanol–water partition coefficient (Wildman–Crippen LogP) is 1.88. The summed E-state index contributed by atoms with van der Waals surface area (Å²) >= 11 is 5.17. The maximum absolute atomic E-state index is 10.5. The smallest absolute Gasteiger partial charge is 0.404 e. The lowest BCUT2D eigenvalue weighted by atomic mass is 9.86. The lowest BCUT2D eigenvalue weighted by Crippen LogP contribution is -2.51. The lowest BCUT2D eigenvalue weighted by Gasteiger charge is -2.43. The molecule has 0 saturated carbocycles. The molecule has 0 N–H and O–H groups in total. The second-order valence-corrected chi connectivity index (χ2v) is 3.84. The molecule has 3 fully saturated rings. The van der Waals surface area contributed by atoms with Crippen LogP contribution in [0.2, 0.25) is 0 Å². The Morgan fingerprint density at radius 3 is 2.38 bits per heavy atom. The van der Waals surface area contributed by atoms with Crippen LogP contribution in [-0.4, -0.2) is 36.1 Å². The van der Waals surface area contributed by atoms with Gasteiger partial charge in [0.25, 0.3) is 0 Å². The molecule has 5 heteroatoms. The van der Waals surface area contributed by atoms with Gasteiger partial charge in [-0.1, -0.05) is 0 Å². The van der Waals surface area contributed by atoms with E-state index in [-0.39, 0.29) is 18.5 Å². The Balaban J connectivity index is 0.000000845. The SMILES string of the molecule is Cl.O=C(Cl)OC1CN2CCC1CC2. The van der Waals surface area contributed by atoms with E-state index >= 15 is 0 Å². The molecule has 0 aromatic rings. The fourth-order valence-electron chi connectivity index (χ4n) is 2.16. The maximum atomic E-state index is 10.5. The highest BCUT2D eigenvalue weighted by Gasteiger charge is 2.36. The van der Waals surface area contributed by atoms with Crippen LogP contribution in [0.4, 0.5) is 4.79 Å². The molecular formula is C8H13Cl2NO2. The van der Waals surface area contributed by atoms with Crippen molar-refractivity contribution in [2.45, 2.75) is 18.9 Å². The van der Waals surface area contributed by atoms with E-state index in [1.54, 1.807) is 0 Å². The number of carbonyl (C=O) groups is 1. The van der Waals surface area contributed by atoms with Crippen molar-refractivity contribution in [2.24, 2.45) is 5.92 Å². The van der Waals surface area contributed by atoms with E-state index in [9.17, 15) is 4.79 Å². The maximum Gasteiger partial charge on any atom is 0.404 e. The molecule has 13 heavy (non-hydrogen) atoms. The summed E-state index contributed by atoms with van der Waals surface area (Å²) in [6.07, 6.45) is 2.35. The van der Waals surface area contributed by atoms with Crippen LogP contribution in [0.25, 0.3) is 0 Å². The van der Waals surface area contributed by atoms with E-state index in [2.05, 4.69) is 4.90 Å². The Morgan fingerprint density at radius 2 is 2.00 bits per heavy atom. The zero-order chi connectivity index (χ0) is 8.55. The van der Waals surface area contributed by atoms with Gasteiger partial charge < -0.3 is 4.74 Å². The molecule has 0 spiro atoms. The molecule has 76 valence electrons. The van der Waals surface area contributed by atoms with Crippen LogP contribution in [0.15, 0.2) is 0 Å². The molecule has 3 nitrogen and oxygen atoms in total. The van der Waals surface area contributed by atoms with E-state index in [0.29, 0.717) is 5.92 Å². The fourth-order valence-corrected chi connectivity index (χ4v) is 2.28. The van der Waals surface area contributed by atoms with Crippen LogP contribution < -0.4 is 0 Å². The normalized spacial score (nSPS) is 36.5. The van der Waals surface area contributed by atoms with Gasteiger partial charge in [-0.2, -0.15) is 0 Å². The van der Waals surface area contributed by atoms with Crippen molar-refractivity contribution >= 4 is 29.4 Å². The quantitative estimate of drug-likeness (QED) is 0.639. The number of fused-ring (bicyclic) bond motifs is 3. The molecule has 3 heterocycles. The van der Waals surface area contributed by atoms with Gasteiger partial charge in [-0.05, 0) is 31.8 Å². The largest absolute Gasteiger partial charge is 0.449 e. The Bertz CT molecular complexity index is 193. The molecule has 3 saturated heterocycles. The van der Waals surface area contributed by atoms with Gasteiger partial charge in [-0.15, -0.1) is 12.4 Å². The molecule has 0 aromatic carbocycles. The van der Waals surface area contributed by atoms with Crippen molar-refractivity contribution in [2.75, 3.05) is 19.6 Å². The summed E-state index contributed by atoms with van der Waals surface area (Å²) < 4.78 is 5.01. The molecular weight excluding hydrogens is 213 g/mol. The number of ether oxygens (including phenoxy) is 1. The van der Waals surface area contributed by atoms with Crippen LogP contribution in [0.5, 0.6) is 0 Å². The first-order chi connectivity index (χ1) is 5.75. The number of nitrogens with zero attached hydrogens (tertiary/aromatic N) is 1. The Labute approximate surface area is 88.8 Å². The van der Waals surface area contributed by atoms with Gasteiger partial charge in [0, 0.05) is 18.1 Å². The van der Waals surface area contributed by atoms with Crippen LogP contribution in [0, 0.1) is 5.92 Å². The number of halogens is 2. The van der Waals surface area contributed by atoms with E-state index in [1.807, 2.05) is 0 Å². The van der Waals surface area contributed by atoms with Gasteiger partial charge in [0.2, 0.25) is 0 Å². The van der Waals surface area contributed by atoms with Crippen molar-refractivity contribution in [3.63, 3.8) is 0 Å². The highest BCUT2D eigenvalue weighted by Crippen LogP contribution is 2.29. The summed E-state index contributed by atoms with van der Waals surface area (Å²) in [4.78, 5) is 12.8. The third-order valence-corrected chi connectivity index (χ3v) is 2.93. The second kappa shape index (κ2) is 4.49. The van der Waals surface area contributed by atoms with Gasteiger partial charge in [0.1, 0.15) is 6.10 Å². The third-order valence-electron chi connectivity index (χ3n) is 2.84. The minimum Gasteiger partial charge on any atom is -0.449 e. The predicted molar refractivity (Wildman–Crippen MR) is 52.5 cm³/mol. The van der Waals surface area contributed by atoms with Gasteiger partial charge in [0.15, 0.2) is 0 Å². The summed E-state index contributed by atoms with van der Waals surface area (Å²) in [5.41, 5.74) is -0.659. The van der Waals surface area contributed by atoms with Gasteiger partial charge in [-0.3, -0.25) is 4.90 Å². The van der Waals surface area contributed by atoms with Gasteiger partial charge >= 0.3 is 5.43 Å². The first kappa shape index (κ1) is 11.1. The van der Waals surface area contributed by atoms with Crippen molar-refractivity contribution in [3.8, 4) is 0 Å². The average Bonchev–Trinajstić information content (AvgIpc) is 2.05. The first-order valence-corrected chi connectivity index (χ1v) is 4.72. The van der Waals surface area contributed by atoms with Gasteiger partial charge in [0.05, 0.1) is 0 Å². The summed E-state index contributed by atoms with van der Waals surface area (Å²) in [5, 5.41) is 0. The molecule has 0 aliphatic carbocycles. The molecule has 0 amide bonds. The zero-order valence-electron chi connectivity index (χ0n) is 7.24. The lowest BCUT2D eigenvalue weighted by molar-refractivity contribution is -0.0255. The number of hydrogen-bond acceptors (Lipinski definition) is 3. The molecule has 3 aliphatic rings. The number of rotatable bonds is 1. The molecule has 3 rings (SSSR count). The molecule has 3 aliphatic heterocycles. The van der Waals surface area contributed by atoms with Crippen LogP contribution in [0.3, 0.4) is 0 Å². The minimum absolute atomic E-state index is 0. The Kier molecular flexibility index (Phi) is 3.83. The van der Waals surface area contributed by atoms with Crippen LogP contribution in [0.1, 0.15) is 12.8 Å². The summed E-state index contributed by atoms with van der Waals surface area (Å²) in [6, 6.07) is 0. The first-order valence-electron chi connectivity index (χ1n) is 4.34. The number of hydrogen-bond donors (Lipinski definition) is 0. The summed E-state index contributed by atoms with van der Waals surface area (Å²) in [6.45, 7) is 3.19. The summed E-state index contributed by atoms with van der Waals surface area (Å²) in [5.74, 6) is 0.553. The summed E-state index contributed by atoms with van der Waals surface area (Å²) in [7, 11) is 0. The molecule has 2 bridgehead atoms. The zero-order valence-corrected chi connectivity index (χ0v) is 8.81. The van der Waals surface area contributed by atoms with Crippen molar-refractivity contribution < 1.29 is 9.53 Å². The van der Waals surface area contributed by atoms with E-state index in [0.717, 1.165) is 32.5 Å². The molecule has 0 aromatic heterocycles. The standard InChI is InChI=1S/C8H12ClNO2.ClH/c9-8(11)12-7-5-10-3-1-6(7)2-4-10;/h6-7H,1-5H2;1H. The van der Waals surface area contributed by atoms with E-state index in [1.165, 1.54) is 0 Å². The highest BCUT2D eigenvalue weighted by atomic mass is 35.5. The average molecular weight is 226 g/mol. The van der Waals surface area contributed by atoms with Crippen LogP contribution >= 0.6 is 24.0 Å².